The summed E-state index contributed by atoms with van der Waals surface area (Å²) in [5.74, 6) is -0.411. The molecular formula is C19H15N3O7. The van der Waals surface area contributed by atoms with E-state index in [1.54, 1.807) is 24.3 Å². The van der Waals surface area contributed by atoms with Gasteiger partial charge in [-0.2, -0.15) is 0 Å². The van der Waals surface area contributed by atoms with Crippen LogP contribution in [0.2, 0.25) is 0 Å². The van der Waals surface area contributed by atoms with Crippen LogP contribution in [0, 0.1) is 10.1 Å². The van der Waals surface area contributed by atoms with Gasteiger partial charge in [0.15, 0.2) is 23.4 Å². The predicted octanol–water partition coefficient (Wildman–Crippen LogP) is 2.52. The highest BCUT2D eigenvalue weighted by molar-refractivity contribution is 5.95. The van der Waals surface area contributed by atoms with Gasteiger partial charge in [0, 0.05) is 6.07 Å². The molecule has 2 aromatic carbocycles. The van der Waals surface area contributed by atoms with Crippen molar-refractivity contribution in [2.24, 2.45) is 0 Å². The van der Waals surface area contributed by atoms with E-state index >= 15 is 0 Å². The third-order valence-electron chi connectivity index (χ3n) is 4.38. The highest BCUT2D eigenvalue weighted by Gasteiger charge is 2.29. The first kappa shape index (κ1) is 18.4. The first-order valence-corrected chi connectivity index (χ1v) is 8.72. The molecule has 10 heteroatoms. The van der Waals surface area contributed by atoms with Gasteiger partial charge in [-0.25, -0.2) is 9.78 Å². The number of carbonyl (C=O) groups is 1. The third-order valence-corrected chi connectivity index (χ3v) is 4.38. The minimum atomic E-state index is -0.951. The number of carbonyl (C=O) groups excluding carboxylic acids is 1. The minimum absolute atomic E-state index is 0.127. The molecular weight excluding hydrogens is 382 g/mol. The SMILES string of the molecule is C[C@@H](OC(=O)c1cc2c(cc1[N+](=O)[O-])OCCO2)c1nc2ccccc2c(=O)[nH]1. The average Bonchev–Trinajstić information content (AvgIpc) is 2.72. The van der Waals surface area contributed by atoms with Crippen molar-refractivity contribution in [3.8, 4) is 11.5 Å². The Balaban J connectivity index is 1.66. The van der Waals surface area contributed by atoms with Crippen molar-refractivity contribution in [2.45, 2.75) is 13.0 Å². The topological polar surface area (TPSA) is 134 Å². The zero-order valence-electron chi connectivity index (χ0n) is 15.2. The predicted molar refractivity (Wildman–Crippen MR) is 100 cm³/mol. The Hall–Kier alpha value is -3.95. The number of aromatic nitrogens is 2. The highest BCUT2D eigenvalue weighted by atomic mass is 16.6. The fourth-order valence-corrected chi connectivity index (χ4v) is 2.97. The molecule has 1 aliphatic rings. The molecule has 1 aromatic heterocycles. The van der Waals surface area contributed by atoms with E-state index in [2.05, 4.69) is 9.97 Å². The number of hydrogen-bond acceptors (Lipinski definition) is 8. The van der Waals surface area contributed by atoms with E-state index in [0.29, 0.717) is 10.9 Å². The maximum Gasteiger partial charge on any atom is 0.346 e. The molecule has 0 saturated heterocycles. The van der Waals surface area contributed by atoms with Crippen LogP contribution in [0.4, 0.5) is 5.69 Å². The highest BCUT2D eigenvalue weighted by Crippen LogP contribution is 2.37. The number of esters is 1. The Morgan fingerprint density at radius 1 is 1.24 bits per heavy atom. The number of nitrogens with one attached hydrogen (secondary N) is 1. The molecule has 4 rings (SSSR count). The number of nitro groups is 1. The van der Waals surface area contributed by atoms with Gasteiger partial charge in [0.2, 0.25) is 0 Å². The summed E-state index contributed by atoms with van der Waals surface area (Å²) in [5.41, 5.74) is -0.682. The summed E-state index contributed by atoms with van der Waals surface area (Å²) in [6, 6.07) is 9.08. The smallest absolute Gasteiger partial charge is 0.346 e. The van der Waals surface area contributed by atoms with Crippen molar-refractivity contribution < 1.29 is 23.9 Å². The van der Waals surface area contributed by atoms with Crippen molar-refractivity contribution in [2.75, 3.05) is 13.2 Å². The van der Waals surface area contributed by atoms with Gasteiger partial charge in [-0.1, -0.05) is 12.1 Å². The summed E-state index contributed by atoms with van der Waals surface area (Å²) in [6.45, 7) is 2.03. The first-order valence-electron chi connectivity index (χ1n) is 8.72. The molecule has 1 atom stereocenters. The van der Waals surface area contributed by atoms with E-state index in [-0.39, 0.29) is 41.7 Å². The van der Waals surface area contributed by atoms with Crippen LogP contribution < -0.4 is 15.0 Å². The van der Waals surface area contributed by atoms with E-state index in [4.69, 9.17) is 14.2 Å². The van der Waals surface area contributed by atoms with Gasteiger partial charge in [0.1, 0.15) is 18.8 Å². The molecule has 0 unspecified atom stereocenters. The number of nitro benzene ring substituents is 1. The van der Waals surface area contributed by atoms with Crippen molar-refractivity contribution in [3.63, 3.8) is 0 Å². The Morgan fingerprint density at radius 2 is 1.93 bits per heavy atom. The number of fused-ring (bicyclic) bond motifs is 2. The van der Waals surface area contributed by atoms with Crippen molar-refractivity contribution in [1.82, 2.24) is 9.97 Å². The van der Waals surface area contributed by atoms with Crippen LogP contribution in [-0.2, 0) is 4.74 Å². The summed E-state index contributed by atoms with van der Waals surface area (Å²) in [6.07, 6.45) is -0.951. The molecule has 2 heterocycles. The van der Waals surface area contributed by atoms with Gasteiger partial charge < -0.3 is 19.2 Å². The van der Waals surface area contributed by atoms with E-state index in [0.717, 1.165) is 6.07 Å². The number of ether oxygens (including phenoxy) is 3. The van der Waals surface area contributed by atoms with Gasteiger partial charge in [-0.15, -0.1) is 0 Å². The second-order valence-electron chi connectivity index (χ2n) is 6.29. The molecule has 0 radical (unpaired) electrons. The maximum atomic E-state index is 12.6. The molecule has 148 valence electrons. The lowest BCUT2D eigenvalue weighted by molar-refractivity contribution is -0.385. The summed E-state index contributed by atoms with van der Waals surface area (Å²) >= 11 is 0. The molecule has 1 N–H and O–H groups in total. The Kier molecular flexibility index (Phi) is 4.59. The lowest BCUT2D eigenvalue weighted by atomic mass is 10.1. The van der Waals surface area contributed by atoms with Crippen LogP contribution >= 0.6 is 0 Å². The molecule has 0 amide bonds. The van der Waals surface area contributed by atoms with Crippen LogP contribution in [0.5, 0.6) is 11.5 Å². The second-order valence-corrected chi connectivity index (χ2v) is 6.29. The van der Waals surface area contributed by atoms with Gasteiger partial charge in [-0.3, -0.25) is 14.9 Å². The van der Waals surface area contributed by atoms with Crippen LogP contribution in [0.25, 0.3) is 10.9 Å². The second kappa shape index (κ2) is 7.23. The monoisotopic (exact) mass is 397 g/mol. The van der Waals surface area contributed by atoms with Gasteiger partial charge >= 0.3 is 5.97 Å². The molecule has 0 bridgehead atoms. The van der Waals surface area contributed by atoms with E-state index < -0.39 is 22.7 Å². The Morgan fingerprint density at radius 3 is 2.66 bits per heavy atom. The van der Waals surface area contributed by atoms with Crippen LogP contribution in [0.3, 0.4) is 0 Å². The average molecular weight is 397 g/mol. The third kappa shape index (κ3) is 3.47. The summed E-state index contributed by atoms with van der Waals surface area (Å²) < 4.78 is 16.0. The molecule has 0 aliphatic carbocycles. The summed E-state index contributed by atoms with van der Waals surface area (Å²) in [5, 5.41) is 11.8. The normalized spacial score (nSPS) is 13.7. The standard InChI is InChI=1S/C19H15N3O7/c1-10(17-20-13-5-3-2-4-11(13)18(23)21-17)29-19(24)12-8-15-16(28-7-6-27-15)9-14(12)22(25)26/h2-5,8-10H,6-7H2,1H3,(H,20,21,23)/t10-/m1/s1. The van der Waals surface area contributed by atoms with Crippen LogP contribution in [-0.4, -0.2) is 34.1 Å². The van der Waals surface area contributed by atoms with Crippen molar-refractivity contribution >= 4 is 22.6 Å². The quantitative estimate of drug-likeness (QED) is 0.403. The van der Waals surface area contributed by atoms with Crippen molar-refractivity contribution in [3.05, 3.63) is 68.3 Å². The zero-order chi connectivity index (χ0) is 20.5. The van der Waals surface area contributed by atoms with Crippen molar-refractivity contribution in [1.29, 1.82) is 0 Å². The Bertz CT molecular complexity index is 1190. The number of benzene rings is 2. The van der Waals surface area contributed by atoms with E-state index in [1.807, 2.05) is 0 Å². The number of H-pyrrole nitrogens is 1. The zero-order valence-corrected chi connectivity index (χ0v) is 15.2. The van der Waals surface area contributed by atoms with Crippen LogP contribution in [0.1, 0.15) is 29.2 Å². The molecule has 0 saturated carbocycles. The molecule has 1 aliphatic heterocycles. The number of nitrogens with zero attached hydrogens (tertiary/aromatic N) is 2. The number of rotatable bonds is 4. The fourth-order valence-electron chi connectivity index (χ4n) is 2.97. The summed E-state index contributed by atoms with van der Waals surface area (Å²) in [7, 11) is 0. The maximum absolute atomic E-state index is 12.6. The van der Waals surface area contributed by atoms with E-state index in [1.165, 1.54) is 13.0 Å². The molecule has 29 heavy (non-hydrogen) atoms. The lowest BCUT2D eigenvalue weighted by Crippen LogP contribution is -2.19. The van der Waals surface area contributed by atoms with Gasteiger partial charge in [-0.05, 0) is 19.1 Å². The fraction of sp³-hybridized carbons (Fsp3) is 0.211. The van der Waals surface area contributed by atoms with Gasteiger partial charge in [0.25, 0.3) is 11.2 Å². The summed E-state index contributed by atoms with van der Waals surface area (Å²) in [4.78, 5) is 42.4. The van der Waals surface area contributed by atoms with E-state index in [9.17, 15) is 19.7 Å². The molecule has 10 nitrogen and oxygen atoms in total. The number of hydrogen-bond donors (Lipinski definition) is 1. The molecule has 0 spiro atoms. The Labute approximate surface area is 163 Å². The van der Waals surface area contributed by atoms with Crippen LogP contribution in [0.15, 0.2) is 41.2 Å². The number of para-hydroxylation sites is 1. The first-order chi connectivity index (χ1) is 13.9. The molecule has 3 aromatic rings. The lowest BCUT2D eigenvalue weighted by Gasteiger charge is -2.19. The largest absolute Gasteiger partial charge is 0.486 e. The molecule has 0 fully saturated rings. The minimum Gasteiger partial charge on any atom is -0.486 e. The van der Waals surface area contributed by atoms with Gasteiger partial charge in [0.05, 0.1) is 21.9 Å². The number of aromatic amines is 1.